The van der Waals surface area contributed by atoms with E-state index in [2.05, 4.69) is 20.6 Å². The van der Waals surface area contributed by atoms with Crippen LogP contribution in [0.1, 0.15) is 46.7 Å². The number of aromatic nitrogens is 3. The number of nitrogens with one attached hydrogen (secondary N) is 3. The number of imidazole rings is 1. The lowest BCUT2D eigenvalue weighted by Gasteiger charge is -2.18. The molecular formula is C26H27N5O2. The number of hydrogen-bond acceptors (Lipinski definition) is 5. The third-order valence-corrected chi connectivity index (χ3v) is 5.85. The Bertz CT molecular complexity index is 1390. The van der Waals surface area contributed by atoms with Crippen LogP contribution in [-0.2, 0) is 6.42 Å². The topological polar surface area (TPSA) is 91.9 Å². The quantitative estimate of drug-likeness (QED) is 0.384. The molecule has 3 heterocycles. The van der Waals surface area contributed by atoms with Crippen LogP contribution in [0.5, 0.6) is 5.75 Å². The molecule has 0 fully saturated rings. The minimum absolute atomic E-state index is 0.217. The highest BCUT2D eigenvalue weighted by molar-refractivity contribution is 6.09. The fourth-order valence-corrected chi connectivity index (χ4v) is 4.23. The Hall–Kier alpha value is -3.87. The number of rotatable bonds is 4. The van der Waals surface area contributed by atoms with Gasteiger partial charge in [-0.05, 0) is 65.0 Å². The molecule has 1 aliphatic rings. The van der Waals surface area contributed by atoms with Gasteiger partial charge in [-0.1, -0.05) is 17.7 Å². The van der Waals surface area contributed by atoms with Gasteiger partial charge in [-0.15, -0.1) is 0 Å². The molecule has 0 saturated carbocycles. The second kappa shape index (κ2) is 7.62. The SMILES string of the molecule is Cc1ccc(NC(=O)c2cc3nc(Nc4ccc(C)nc4C)[nH]c3c3c2OC(C)(C)C3)cc1. The van der Waals surface area contributed by atoms with Gasteiger partial charge in [-0.2, -0.15) is 0 Å². The molecule has 0 bridgehead atoms. The van der Waals surface area contributed by atoms with Gasteiger partial charge in [0.25, 0.3) is 5.91 Å². The predicted octanol–water partition coefficient (Wildman–Crippen LogP) is 5.59. The molecule has 33 heavy (non-hydrogen) atoms. The summed E-state index contributed by atoms with van der Waals surface area (Å²) in [5.74, 6) is 0.994. The zero-order valence-corrected chi connectivity index (χ0v) is 19.5. The molecule has 0 radical (unpaired) electrons. The van der Waals surface area contributed by atoms with Crippen LogP contribution in [-0.4, -0.2) is 26.5 Å². The lowest BCUT2D eigenvalue weighted by Crippen LogP contribution is -2.25. The average molecular weight is 442 g/mol. The van der Waals surface area contributed by atoms with Gasteiger partial charge in [0.05, 0.1) is 28.0 Å². The maximum absolute atomic E-state index is 13.2. The Morgan fingerprint density at radius 2 is 1.82 bits per heavy atom. The van der Waals surface area contributed by atoms with E-state index < -0.39 is 5.60 Å². The molecule has 0 saturated heterocycles. The molecule has 7 nitrogen and oxygen atoms in total. The summed E-state index contributed by atoms with van der Waals surface area (Å²) in [4.78, 5) is 25.9. The Kier molecular flexibility index (Phi) is 4.85. The highest BCUT2D eigenvalue weighted by Crippen LogP contribution is 2.42. The van der Waals surface area contributed by atoms with E-state index in [1.807, 2.05) is 71.0 Å². The summed E-state index contributed by atoms with van der Waals surface area (Å²) >= 11 is 0. The van der Waals surface area contributed by atoms with Gasteiger partial charge < -0.3 is 20.4 Å². The van der Waals surface area contributed by atoms with Crippen LogP contribution in [0.25, 0.3) is 11.0 Å². The van der Waals surface area contributed by atoms with Gasteiger partial charge in [0.15, 0.2) is 0 Å². The van der Waals surface area contributed by atoms with Crippen molar-refractivity contribution in [1.82, 2.24) is 15.0 Å². The minimum Gasteiger partial charge on any atom is -0.486 e. The summed E-state index contributed by atoms with van der Waals surface area (Å²) < 4.78 is 6.23. The second-order valence-corrected chi connectivity index (χ2v) is 9.28. The predicted molar refractivity (Wildman–Crippen MR) is 131 cm³/mol. The van der Waals surface area contributed by atoms with E-state index in [4.69, 9.17) is 9.72 Å². The van der Waals surface area contributed by atoms with Crippen LogP contribution in [0.15, 0.2) is 42.5 Å². The molecule has 0 atom stereocenters. The van der Waals surface area contributed by atoms with E-state index >= 15 is 0 Å². The van der Waals surface area contributed by atoms with Gasteiger partial charge in [-0.25, -0.2) is 4.98 Å². The fraction of sp³-hybridized carbons (Fsp3) is 0.269. The van der Waals surface area contributed by atoms with Crippen molar-refractivity contribution in [1.29, 1.82) is 0 Å². The van der Waals surface area contributed by atoms with Crippen molar-refractivity contribution >= 4 is 34.3 Å². The van der Waals surface area contributed by atoms with E-state index in [1.54, 1.807) is 6.07 Å². The minimum atomic E-state index is -0.411. The molecule has 0 aliphatic carbocycles. The molecule has 2 aromatic heterocycles. The molecule has 2 aromatic carbocycles. The van der Waals surface area contributed by atoms with E-state index in [1.165, 1.54) is 0 Å². The van der Waals surface area contributed by atoms with Crippen molar-refractivity contribution in [3.8, 4) is 5.75 Å². The van der Waals surface area contributed by atoms with E-state index in [0.717, 1.165) is 39.4 Å². The number of aromatic amines is 1. The van der Waals surface area contributed by atoms with Crippen LogP contribution in [0.3, 0.4) is 0 Å². The Balaban J connectivity index is 1.54. The number of fused-ring (bicyclic) bond motifs is 3. The summed E-state index contributed by atoms with van der Waals surface area (Å²) in [6, 6.07) is 13.5. The van der Waals surface area contributed by atoms with Crippen molar-refractivity contribution in [2.75, 3.05) is 10.6 Å². The van der Waals surface area contributed by atoms with Gasteiger partial charge in [0, 0.05) is 23.4 Å². The van der Waals surface area contributed by atoms with E-state index in [0.29, 0.717) is 29.2 Å². The van der Waals surface area contributed by atoms with E-state index in [-0.39, 0.29) is 5.91 Å². The Morgan fingerprint density at radius 1 is 1.06 bits per heavy atom. The first kappa shape index (κ1) is 21.0. The largest absolute Gasteiger partial charge is 0.486 e. The van der Waals surface area contributed by atoms with Crippen molar-refractivity contribution in [2.24, 2.45) is 0 Å². The lowest BCUT2D eigenvalue weighted by molar-refractivity contribution is 0.101. The molecule has 5 rings (SSSR count). The van der Waals surface area contributed by atoms with Crippen molar-refractivity contribution < 1.29 is 9.53 Å². The molecule has 0 spiro atoms. The highest BCUT2D eigenvalue weighted by Gasteiger charge is 2.36. The van der Waals surface area contributed by atoms with Crippen molar-refractivity contribution in [2.45, 2.75) is 46.6 Å². The number of aryl methyl sites for hydroxylation is 3. The Labute approximate surface area is 192 Å². The van der Waals surface area contributed by atoms with Crippen LogP contribution in [0.4, 0.5) is 17.3 Å². The first-order valence-electron chi connectivity index (χ1n) is 11.0. The van der Waals surface area contributed by atoms with Crippen LogP contribution < -0.4 is 15.4 Å². The van der Waals surface area contributed by atoms with Crippen molar-refractivity contribution in [3.05, 3.63) is 70.5 Å². The third-order valence-electron chi connectivity index (χ3n) is 5.85. The first-order chi connectivity index (χ1) is 15.7. The molecule has 3 N–H and O–H groups in total. The van der Waals surface area contributed by atoms with Crippen LogP contribution in [0.2, 0.25) is 0 Å². The zero-order chi connectivity index (χ0) is 23.3. The molecule has 4 aromatic rings. The number of anilines is 3. The average Bonchev–Trinajstić information content (AvgIpc) is 3.30. The van der Waals surface area contributed by atoms with Gasteiger partial charge >= 0.3 is 0 Å². The normalized spacial score (nSPS) is 14.1. The number of H-pyrrole nitrogens is 1. The zero-order valence-electron chi connectivity index (χ0n) is 19.5. The standard InChI is InChI=1S/C26H27N5O2/c1-14-6-9-17(10-7-14)28-24(32)18-12-21-22(19-13-26(4,5)33-23(18)19)31-25(30-21)29-20-11-8-15(2)27-16(20)3/h6-12H,13H2,1-5H3,(H,28,32)(H2,29,30,31). The molecule has 0 unspecified atom stereocenters. The summed E-state index contributed by atoms with van der Waals surface area (Å²) in [7, 11) is 0. The first-order valence-corrected chi connectivity index (χ1v) is 11.0. The smallest absolute Gasteiger partial charge is 0.259 e. The lowest BCUT2D eigenvalue weighted by atomic mass is 9.98. The second-order valence-electron chi connectivity index (χ2n) is 9.28. The molecule has 168 valence electrons. The summed E-state index contributed by atoms with van der Waals surface area (Å²) in [5, 5.41) is 6.31. The number of hydrogen-bond donors (Lipinski definition) is 3. The Morgan fingerprint density at radius 3 is 2.55 bits per heavy atom. The number of nitrogens with zero attached hydrogens (tertiary/aromatic N) is 2. The molecule has 1 amide bonds. The summed E-state index contributed by atoms with van der Waals surface area (Å²) in [6.45, 7) is 9.99. The highest BCUT2D eigenvalue weighted by atomic mass is 16.5. The third kappa shape index (κ3) is 4.02. The summed E-state index contributed by atoms with van der Waals surface area (Å²) in [6.07, 6.45) is 0.678. The maximum Gasteiger partial charge on any atom is 0.259 e. The number of benzene rings is 2. The van der Waals surface area contributed by atoms with Crippen LogP contribution >= 0.6 is 0 Å². The number of carbonyl (C=O) groups excluding carboxylic acids is 1. The fourth-order valence-electron chi connectivity index (χ4n) is 4.23. The number of carbonyl (C=O) groups is 1. The van der Waals surface area contributed by atoms with Crippen LogP contribution in [0, 0.1) is 20.8 Å². The maximum atomic E-state index is 13.2. The van der Waals surface area contributed by atoms with Gasteiger partial charge in [0.1, 0.15) is 11.4 Å². The number of pyridine rings is 1. The van der Waals surface area contributed by atoms with Gasteiger partial charge in [-0.3, -0.25) is 9.78 Å². The molecule has 7 heteroatoms. The van der Waals surface area contributed by atoms with Crippen molar-refractivity contribution in [3.63, 3.8) is 0 Å². The monoisotopic (exact) mass is 441 g/mol. The molecular weight excluding hydrogens is 414 g/mol. The summed E-state index contributed by atoms with van der Waals surface area (Å²) in [5.41, 5.74) is 7.23. The number of ether oxygens (including phenoxy) is 1. The van der Waals surface area contributed by atoms with E-state index in [9.17, 15) is 4.79 Å². The number of amides is 1. The van der Waals surface area contributed by atoms with Gasteiger partial charge in [0.2, 0.25) is 5.95 Å². The molecule has 1 aliphatic heterocycles.